The number of hydrogen-bond donors (Lipinski definition) is 2. The number of nitrogens with zero attached hydrogens (tertiary/aromatic N) is 1. The zero-order valence-electron chi connectivity index (χ0n) is 11.7. The van der Waals surface area contributed by atoms with Crippen molar-refractivity contribution >= 4 is 27.4 Å². The van der Waals surface area contributed by atoms with Crippen LogP contribution in [0.15, 0.2) is 24.3 Å². The monoisotopic (exact) mass is 309 g/mol. The Morgan fingerprint density at radius 2 is 2.05 bits per heavy atom. The van der Waals surface area contributed by atoms with Crippen LogP contribution in [0.3, 0.4) is 0 Å². The topological polar surface area (TPSA) is 78.5 Å². The summed E-state index contributed by atoms with van der Waals surface area (Å²) < 4.78 is 25.6. The predicted octanol–water partition coefficient (Wildman–Crippen LogP) is 1.90. The maximum atomic E-state index is 12.1. The van der Waals surface area contributed by atoms with Crippen LogP contribution in [-0.4, -0.2) is 32.8 Å². The van der Waals surface area contributed by atoms with Gasteiger partial charge >= 0.3 is 6.03 Å². The molecule has 1 aliphatic heterocycles. The van der Waals surface area contributed by atoms with Gasteiger partial charge in [-0.2, -0.15) is 0 Å². The fraction of sp³-hybridized carbons (Fsp3) is 0.500. The Morgan fingerprint density at radius 1 is 1.24 bits per heavy atom. The zero-order chi connectivity index (χ0) is 14.9. The van der Waals surface area contributed by atoms with Gasteiger partial charge in [0.15, 0.2) is 0 Å². The summed E-state index contributed by atoms with van der Waals surface area (Å²) >= 11 is 0. The first-order chi connectivity index (χ1) is 10.0. The van der Waals surface area contributed by atoms with E-state index in [-0.39, 0.29) is 17.8 Å². The second kappa shape index (κ2) is 5.55. The summed E-state index contributed by atoms with van der Waals surface area (Å²) in [5, 5.41) is 5.58. The molecule has 1 saturated heterocycles. The third kappa shape index (κ3) is 3.47. The van der Waals surface area contributed by atoms with Gasteiger partial charge in [0.2, 0.25) is 10.0 Å². The van der Waals surface area contributed by atoms with Gasteiger partial charge in [0.1, 0.15) is 0 Å². The molecule has 0 aromatic heterocycles. The number of rotatable bonds is 3. The summed E-state index contributed by atoms with van der Waals surface area (Å²) in [4.78, 5) is 11.7. The molecule has 0 radical (unpaired) electrons. The molecule has 6 nitrogen and oxygen atoms in total. The van der Waals surface area contributed by atoms with Gasteiger partial charge in [0, 0.05) is 18.3 Å². The molecule has 1 aromatic carbocycles. The molecular formula is C14H19N3O3S. The minimum Gasteiger partial charge on any atom is -0.335 e. The van der Waals surface area contributed by atoms with E-state index in [9.17, 15) is 13.2 Å². The van der Waals surface area contributed by atoms with Crippen LogP contribution >= 0.6 is 0 Å². The molecule has 2 amide bonds. The molecule has 1 heterocycles. The number of carbonyl (C=O) groups is 1. The molecule has 2 aliphatic rings. The van der Waals surface area contributed by atoms with Gasteiger partial charge in [-0.1, -0.05) is 6.07 Å². The van der Waals surface area contributed by atoms with Crippen molar-refractivity contribution in [2.75, 3.05) is 21.9 Å². The SMILES string of the molecule is O=C(Nc1cccc(N2CCCCS2(=O)=O)c1)NC1CC1. The van der Waals surface area contributed by atoms with E-state index in [0.29, 0.717) is 24.3 Å². The lowest BCUT2D eigenvalue weighted by molar-refractivity contribution is 0.251. The maximum absolute atomic E-state index is 12.1. The van der Waals surface area contributed by atoms with Gasteiger partial charge in [-0.3, -0.25) is 4.31 Å². The molecule has 3 rings (SSSR count). The number of urea groups is 1. The van der Waals surface area contributed by atoms with Crippen molar-refractivity contribution in [2.45, 2.75) is 31.7 Å². The van der Waals surface area contributed by atoms with Crippen LogP contribution in [0, 0.1) is 0 Å². The molecule has 1 aliphatic carbocycles. The second-order valence-corrected chi connectivity index (χ2v) is 7.53. The fourth-order valence-electron chi connectivity index (χ4n) is 2.40. The van der Waals surface area contributed by atoms with Gasteiger partial charge in [0.05, 0.1) is 11.4 Å². The second-order valence-electron chi connectivity index (χ2n) is 5.52. The molecule has 0 spiro atoms. The third-order valence-electron chi connectivity index (χ3n) is 3.65. The van der Waals surface area contributed by atoms with Gasteiger partial charge in [-0.05, 0) is 43.9 Å². The van der Waals surface area contributed by atoms with E-state index in [0.717, 1.165) is 19.3 Å². The third-order valence-corrected chi connectivity index (χ3v) is 5.52. The average molecular weight is 309 g/mol. The number of benzene rings is 1. The van der Waals surface area contributed by atoms with Crippen LogP contribution in [0.5, 0.6) is 0 Å². The van der Waals surface area contributed by atoms with Crippen LogP contribution in [0.4, 0.5) is 16.2 Å². The van der Waals surface area contributed by atoms with Gasteiger partial charge in [-0.15, -0.1) is 0 Å². The number of sulfonamides is 1. The highest BCUT2D eigenvalue weighted by Crippen LogP contribution is 2.26. The first-order valence-corrected chi connectivity index (χ1v) is 8.83. The molecule has 1 saturated carbocycles. The van der Waals surface area contributed by atoms with E-state index < -0.39 is 10.0 Å². The van der Waals surface area contributed by atoms with Gasteiger partial charge in [-0.25, -0.2) is 13.2 Å². The quantitative estimate of drug-likeness (QED) is 0.895. The number of hydrogen-bond acceptors (Lipinski definition) is 3. The molecule has 2 N–H and O–H groups in total. The van der Waals surface area contributed by atoms with Gasteiger partial charge < -0.3 is 10.6 Å². The highest BCUT2D eigenvalue weighted by Gasteiger charge is 2.26. The maximum Gasteiger partial charge on any atom is 0.319 e. The normalized spacial score (nSPS) is 20.9. The molecule has 0 atom stereocenters. The van der Waals surface area contributed by atoms with Crippen molar-refractivity contribution in [3.8, 4) is 0 Å². The molecule has 7 heteroatoms. The summed E-state index contributed by atoms with van der Waals surface area (Å²) in [6, 6.07) is 7.02. The number of anilines is 2. The number of nitrogens with one attached hydrogen (secondary N) is 2. The zero-order valence-corrected chi connectivity index (χ0v) is 12.5. The largest absolute Gasteiger partial charge is 0.335 e. The molecular weight excluding hydrogens is 290 g/mol. The van der Waals surface area contributed by atoms with Crippen molar-refractivity contribution in [1.82, 2.24) is 5.32 Å². The van der Waals surface area contributed by atoms with Crippen LogP contribution in [0.1, 0.15) is 25.7 Å². The smallest absolute Gasteiger partial charge is 0.319 e. The first-order valence-electron chi connectivity index (χ1n) is 7.23. The predicted molar refractivity (Wildman–Crippen MR) is 82.0 cm³/mol. The van der Waals surface area contributed by atoms with Crippen molar-refractivity contribution in [3.05, 3.63) is 24.3 Å². The lowest BCUT2D eigenvalue weighted by Crippen LogP contribution is -2.37. The number of carbonyl (C=O) groups excluding carboxylic acids is 1. The fourth-order valence-corrected chi connectivity index (χ4v) is 4.03. The Morgan fingerprint density at radius 3 is 2.76 bits per heavy atom. The lowest BCUT2D eigenvalue weighted by atomic mass is 10.2. The van der Waals surface area contributed by atoms with E-state index in [4.69, 9.17) is 0 Å². The van der Waals surface area contributed by atoms with Gasteiger partial charge in [0.25, 0.3) is 0 Å². The molecule has 114 valence electrons. The molecule has 21 heavy (non-hydrogen) atoms. The minimum atomic E-state index is -3.23. The highest BCUT2D eigenvalue weighted by atomic mass is 32.2. The standard InChI is InChI=1S/C14H19N3O3S/c18-14(15-11-6-7-11)16-12-4-3-5-13(10-12)17-8-1-2-9-21(17,19)20/h3-5,10-11H,1-2,6-9H2,(H2,15,16,18). The summed E-state index contributed by atoms with van der Waals surface area (Å²) in [5.41, 5.74) is 1.21. The van der Waals surface area contributed by atoms with E-state index in [1.165, 1.54) is 4.31 Å². The molecule has 0 unspecified atom stereocenters. The van der Waals surface area contributed by atoms with E-state index in [1.807, 2.05) is 0 Å². The summed E-state index contributed by atoms with van der Waals surface area (Å²) in [7, 11) is -3.23. The van der Waals surface area contributed by atoms with E-state index in [2.05, 4.69) is 10.6 Å². The lowest BCUT2D eigenvalue weighted by Gasteiger charge is -2.28. The van der Waals surface area contributed by atoms with Crippen LogP contribution in [0.2, 0.25) is 0 Å². The van der Waals surface area contributed by atoms with Crippen molar-refractivity contribution in [3.63, 3.8) is 0 Å². The Kier molecular flexibility index (Phi) is 3.75. The minimum absolute atomic E-state index is 0.187. The van der Waals surface area contributed by atoms with Crippen molar-refractivity contribution in [1.29, 1.82) is 0 Å². The van der Waals surface area contributed by atoms with E-state index in [1.54, 1.807) is 24.3 Å². The van der Waals surface area contributed by atoms with E-state index >= 15 is 0 Å². The Labute approximate surface area is 124 Å². The first kappa shape index (κ1) is 14.2. The summed E-state index contributed by atoms with van der Waals surface area (Å²) in [5.74, 6) is 0.187. The van der Waals surface area contributed by atoms with Crippen molar-refractivity contribution in [2.24, 2.45) is 0 Å². The van der Waals surface area contributed by atoms with Crippen molar-refractivity contribution < 1.29 is 13.2 Å². The molecule has 0 bridgehead atoms. The van der Waals surface area contributed by atoms with Crippen LogP contribution in [0.25, 0.3) is 0 Å². The van der Waals surface area contributed by atoms with Crippen LogP contribution in [-0.2, 0) is 10.0 Å². The Balaban J connectivity index is 1.74. The Bertz CT molecular complexity index is 641. The summed E-state index contributed by atoms with van der Waals surface area (Å²) in [6.45, 7) is 0.500. The Hall–Kier alpha value is -1.76. The molecule has 1 aromatic rings. The van der Waals surface area contributed by atoms with Crippen LogP contribution < -0.4 is 14.9 Å². The molecule has 2 fully saturated rings. The highest BCUT2D eigenvalue weighted by molar-refractivity contribution is 7.92. The average Bonchev–Trinajstić information content (AvgIpc) is 3.22. The number of amides is 2. The summed E-state index contributed by atoms with van der Waals surface area (Å²) in [6.07, 6.45) is 3.62.